The Morgan fingerprint density at radius 1 is 1.19 bits per heavy atom. The first kappa shape index (κ1) is 20.8. The average molecular weight is 434 g/mol. The number of hydrogen-bond donors (Lipinski definition) is 2. The highest BCUT2D eigenvalue weighted by molar-refractivity contribution is 5.83. The Morgan fingerprint density at radius 3 is 2.91 bits per heavy atom. The topological polar surface area (TPSA) is 83.0 Å². The van der Waals surface area contributed by atoms with Crippen molar-refractivity contribution >= 4 is 22.5 Å². The summed E-state index contributed by atoms with van der Waals surface area (Å²) in [5.41, 5.74) is 3.22. The predicted molar refractivity (Wildman–Crippen MR) is 126 cm³/mol. The Hall–Kier alpha value is -3.09. The molecule has 1 amide bonds. The largest absolute Gasteiger partial charge is 0.370 e. The molecule has 1 unspecified atom stereocenters. The number of fused-ring (bicyclic) bond motifs is 1. The fraction of sp³-hybridized carbons (Fsp3) is 0.480. The van der Waals surface area contributed by atoms with Crippen molar-refractivity contribution in [2.75, 3.05) is 24.5 Å². The summed E-state index contributed by atoms with van der Waals surface area (Å²) in [4.78, 5) is 30.5. The fourth-order valence-corrected chi connectivity index (χ4v) is 4.75. The molecule has 1 atom stereocenters. The lowest BCUT2D eigenvalue weighted by Crippen LogP contribution is -2.39. The molecule has 2 fully saturated rings. The second kappa shape index (κ2) is 9.18. The van der Waals surface area contributed by atoms with Crippen LogP contribution in [0.1, 0.15) is 37.7 Å². The molecule has 7 nitrogen and oxygen atoms in total. The van der Waals surface area contributed by atoms with Crippen molar-refractivity contribution < 1.29 is 4.79 Å². The van der Waals surface area contributed by atoms with Gasteiger partial charge in [-0.05, 0) is 55.6 Å². The molecular formula is C25H31N5O2. The molecule has 7 heteroatoms. The number of carbonyl (C=O) groups excluding carboxylic acids is 1. The maximum atomic E-state index is 12.6. The number of hydrogen-bond acceptors (Lipinski definition) is 4. The number of nitrogens with zero attached hydrogens (tertiary/aromatic N) is 3. The van der Waals surface area contributed by atoms with E-state index in [-0.39, 0.29) is 11.5 Å². The molecule has 1 saturated carbocycles. The smallest absolute Gasteiger partial charge is 0.268 e. The third-order valence-corrected chi connectivity index (χ3v) is 6.73. The molecule has 0 radical (unpaired) electrons. The van der Waals surface area contributed by atoms with E-state index >= 15 is 0 Å². The minimum absolute atomic E-state index is 0.0217. The van der Waals surface area contributed by atoms with Crippen molar-refractivity contribution in [2.24, 2.45) is 11.8 Å². The lowest BCUT2D eigenvalue weighted by Gasteiger charge is -2.34. The summed E-state index contributed by atoms with van der Waals surface area (Å²) in [5, 5.41) is 8.70. The second-order valence-corrected chi connectivity index (χ2v) is 9.30. The predicted octanol–water partition coefficient (Wildman–Crippen LogP) is 3.10. The maximum Gasteiger partial charge on any atom is 0.268 e. The van der Waals surface area contributed by atoms with Crippen molar-refractivity contribution in [3.8, 4) is 0 Å². The van der Waals surface area contributed by atoms with Gasteiger partial charge in [-0.15, -0.1) is 0 Å². The number of carbonyl (C=O) groups is 1. The van der Waals surface area contributed by atoms with Crippen molar-refractivity contribution in [3.05, 3.63) is 58.6 Å². The molecule has 1 saturated heterocycles. The second-order valence-electron chi connectivity index (χ2n) is 9.30. The van der Waals surface area contributed by atoms with Crippen LogP contribution in [-0.2, 0) is 17.8 Å². The van der Waals surface area contributed by atoms with Gasteiger partial charge in [-0.3, -0.25) is 9.59 Å². The molecule has 168 valence electrons. The molecular weight excluding hydrogens is 402 g/mol. The van der Waals surface area contributed by atoms with Crippen LogP contribution >= 0.6 is 0 Å². The van der Waals surface area contributed by atoms with E-state index in [0.717, 1.165) is 50.1 Å². The normalized spacial score (nSPS) is 18.8. The van der Waals surface area contributed by atoms with Gasteiger partial charge in [-0.25, -0.2) is 4.68 Å². The summed E-state index contributed by atoms with van der Waals surface area (Å²) in [6.07, 6.45) is 9.65. The number of para-hydroxylation sites is 1. The van der Waals surface area contributed by atoms with Crippen molar-refractivity contribution in [3.63, 3.8) is 0 Å². The standard InChI is InChI=1S/C25H31N5O2/c31-24(26-10-9-20-14-27-23-6-2-1-5-22(20)23)12-19-4-3-11-29(16-19)21-13-25(32)30(28-15-21)17-18-7-8-18/h1-2,5-6,13-15,18-19,27H,3-4,7-12,16-17H2,(H,26,31). The first-order valence-corrected chi connectivity index (χ1v) is 11.8. The van der Waals surface area contributed by atoms with E-state index in [2.05, 4.69) is 32.4 Å². The van der Waals surface area contributed by atoms with E-state index in [1.165, 1.54) is 23.8 Å². The molecule has 1 aromatic carbocycles. The molecule has 2 aliphatic rings. The number of H-pyrrole nitrogens is 1. The molecule has 1 aliphatic carbocycles. The molecule has 5 rings (SSSR count). The van der Waals surface area contributed by atoms with Crippen LogP contribution in [0.3, 0.4) is 0 Å². The number of anilines is 1. The Labute approximate surface area is 187 Å². The van der Waals surface area contributed by atoms with Gasteiger partial charge in [0.2, 0.25) is 5.91 Å². The number of nitrogens with one attached hydrogen (secondary N) is 2. The highest BCUT2D eigenvalue weighted by Crippen LogP contribution is 2.30. The van der Waals surface area contributed by atoms with Gasteiger partial charge in [-0.2, -0.15) is 5.10 Å². The summed E-state index contributed by atoms with van der Waals surface area (Å²) < 4.78 is 1.59. The summed E-state index contributed by atoms with van der Waals surface area (Å²) in [7, 11) is 0. The van der Waals surface area contributed by atoms with Crippen LogP contribution < -0.4 is 15.8 Å². The first-order valence-electron chi connectivity index (χ1n) is 11.8. The zero-order chi connectivity index (χ0) is 21.9. The lowest BCUT2D eigenvalue weighted by atomic mass is 9.94. The van der Waals surface area contributed by atoms with Gasteiger partial charge in [-0.1, -0.05) is 18.2 Å². The Kier molecular flexibility index (Phi) is 5.97. The average Bonchev–Trinajstić information content (AvgIpc) is 3.53. The van der Waals surface area contributed by atoms with Gasteiger partial charge in [0.05, 0.1) is 11.9 Å². The van der Waals surface area contributed by atoms with Crippen LogP contribution in [0.2, 0.25) is 0 Å². The van der Waals surface area contributed by atoms with Crippen LogP contribution in [-0.4, -0.2) is 40.3 Å². The van der Waals surface area contributed by atoms with E-state index < -0.39 is 0 Å². The maximum absolute atomic E-state index is 12.6. The number of piperidine rings is 1. The summed E-state index contributed by atoms with van der Waals surface area (Å²) in [5.74, 6) is 1.03. The van der Waals surface area contributed by atoms with Crippen molar-refractivity contribution in [1.82, 2.24) is 20.1 Å². The molecule has 1 aliphatic heterocycles. The van der Waals surface area contributed by atoms with Gasteiger partial charge < -0.3 is 15.2 Å². The molecule has 0 bridgehead atoms. The third-order valence-electron chi connectivity index (χ3n) is 6.73. The number of benzene rings is 1. The summed E-state index contributed by atoms with van der Waals surface area (Å²) in [6, 6.07) is 9.94. The van der Waals surface area contributed by atoms with E-state index in [0.29, 0.717) is 24.8 Å². The minimum atomic E-state index is -0.0217. The number of rotatable bonds is 8. The van der Waals surface area contributed by atoms with E-state index in [1.54, 1.807) is 10.7 Å². The zero-order valence-electron chi connectivity index (χ0n) is 18.4. The van der Waals surface area contributed by atoms with Crippen LogP contribution in [0.25, 0.3) is 10.9 Å². The summed E-state index contributed by atoms with van der Waals surface area (Å²) in [6.45, 7) is 3.08. The molecule has 3 heterocycles. The van der Waals surface area contributed by atoms with Gasteiger partial charge in [0.15, 0.2) is 0 Å². The Morgan fingerprint density at radius 2 is 2.06 bits per heavy atom. The van der Waals surface area contributed by atoms with Crippen LogP contribution in [0.4, 0.5) is 5.69 Å². The Balaban J connectivity index is 1.11. The SMILES string of the molecule is O=C(CC1CCCN(c2cnn(CC3CC3)c(=O)c2)C1)NCCc1c[nH]c2ccccc12. The fourth-order valence-electron chi connectivity index (χ4n) is 4.75. The van der Waals surface area contributed by atoms with Crippen molar-refractivity contribution in [2.45, 2.75) is 45.1 Å². The van der Waals surface area contributed by atoms with Crippen LogP contribution in [0.5, 0.6) is 0 Å². The van der Waals surface area contributed by atoms with Crippen LogP contribution in [0, 0.1) is 11.8 Å². The van der Waals surface area contributed by atoms with Gasteiger partial charge in [0, 0.05) is 55.8 Å². The number of aromatic amines is 1. The van der Waals surface area contributed by atoms with Crippen LogP contribution in [0.15, 0.2) is 47.5 Å². The highest BCUT2D eigenvalue weighted by Gasteiger charge is 2.25. The zero-order valence-corrected chi connectivity index (χ0v) is 18.4. The Bertz CT molecular complexity index is 1150. The third kappa shape index (κ3) is 4.87. The number of amides is 1. The number of aromatic nitrogens is 3. The molecule has 2 aromatic heterocycles. The van der Waals surface area contributed by atoms with E-state index in [9.17, 15) is 9.59 Å². The minimum Gasteiger partial charge on any atom is -0.370 e. The summed E-state index contributed by atoms with van der Waals surface area (Å²) >= 11 is 0. The highest BCUT2D eigenvalue weighted by atomic mass is 16.1. The molecule has 32 heavy (non-hydrogen) atoms. The lowest BCUT2D eigenvalue weighted by molar-refractivity contribution is -0.122. The van der Waals surface area contributed by atoms with Crippen molar-refractivity contribution in [1.29, 1.82) is 0 Å². The molecule has 0 spiro atoms. The molecule has 2 N–H and O–H groups in total. The van der Waals surface area contributed by atoms with Gasteiger partial charge >= 0.3 is 0 Å². The monoisotopic (exact) mass is 433 g/mol. The molecule has 3 aromatic rings. The van der Waals surface area contributed by atoms with Gasteiger partial charge in [0.25, 0.3) is 5.56 Å². The van der Waals surface area contributed by atoms with E-state index in [1.807, 2.05) is 24.5 Å². The van der Waals surface area contributed by atoms with E-state index in [4.69, 9.17) is 0 Å². The first-order chi connectivity index (χ1) is 15.7. The van der Waals surface area contributed by atoms with Gasteiger partial charge in [0.1, 0.15) is 0 Å². The quantitative estimate of drug-likeness (QED) is 0.572.